The van der Waals surface area contributed by atoms with E-state index in [0.29, 0.717) is 19.0 Å². The molecule has 0 atom stereocenters. The minimum absolute atomic E-state index is 0.138. The molecule has 1 saturated carbocycles. The van der Waals surface area contributed by atoms with Crippen LogP contribution in [-0.2, 0) is 4.79 Å². The number of urea groups is 1. The Labute approximate surface area is 109 Å². The van der Waals surface area contributed by atoms with E-state index < -0.39 is 5.97 Å². The smallest absolute Gasteiger partial charge is 0.323 e. The average molecular weight is 256 g/mol. The molecule has 0 aromatic heterocycles. The number of carbonyl (C=O) groups excluding carboxylic acids is 1. The van der Waals surface area contributed by atoms with Crippen LogP contribution in [0.1, 0.15) is 33.6 Å². The van der Waals surface area contributed by atoms with E-state index in [-0.39, 0.29) is 18.5 Å². The van der Waals surface area contributed by atoms with Crippen molar-refractivity contribution in [2.24, 2.45) is 11.8 Å². The van der Waals surface area contributed by atoms with E-state index in [0.717, 1.165) is 6.54 Å². The van der Waals surface area contributed by atoms with Gasteiger partial charge in [-0.2, -0.15) is 0 Å². The zero-order chi connectivity index (χ0) is 13.7. The van der Waals surface area contributed by atoms with Crippen molar-refractivity contribution in [3.8, 4) is 0 Å². The number of rotatable bonds is 7. The van der Waals surface area contributed by atoms with Gasteiger partial charge in [0.05, 0.1) is 0 Å². The fraction of sp³-hybridized carbons (Fsp3) is 0.846. The van der Waals surface area contributed by atoms with Crippen LogP contribution in [-0.4, -0.2) is 53.1 Å². The van der Waals surface area contributed by atoms with E-state index in [1.807, 2.05) is 20.8 Å². The van der Waals surface area contributed by atoms with E-state index in [2.05, 4.69) is 0 Å². The Kier molecular flexibility index (Phi) is 5.44. The van der Waals surface area contributed by atoms with Gasteiger partial charge in [0.25, 0.3) is 0 Å². The molecule has 5 heteroatoms. The highest BCUT2D eigenvalue weighted by atomic mass is 16.4. The van der Waals surface area contributed by atoms with Crippen LogP contribution >= 0.6 is 0 Å². The van der Waals surface area contributed by atoms with Gasteiger partial charge in [-0.05, 0) is 31.6 Å². The number of nitrogens with zero attached hydrogens (tertiary/aromatic N) is 2. The van der Waals surface area contributed by atoms with E-state index in [9.17, 15) is 9.59 Å². The Morgan fingerprint density at radius 1 is 1.28 bits per heavy atom. The van der Waals surface area contributed by atoms with Gasteiger partial charge in [0.1, 0.15) is 6.54 Å². The summed E-state index contributed by atoms with van der Waals surface area (Å²) in [4.78, 5) is 26.3. The second-order valence-electron chi connectivity index (χ2n) is 5.43. The van der Waals surface area contributed by atoms with Crippen molar-refractivity contribution in [3.63, 3.8) is 0 Å². The molecule has 1 fully saturated rings. The molecule has 104 valence electrons. The number of carboxylic acids is 1. The maximum Gasteiger partial charge on any atom is 0.323 e. The fourth-order valence-corrected chi connectivity index (χ4v) is 1.97. The highest BCUT2D eigenvalue weighted by molar-refractivity contribution is 5.80. The number of hydrogen-bond acceptors (Lipinski definition) is 2. The molecule has 1 rings (SSSR count). The second-order valence-corrected chi connectivity index (χ2v) is 5.43. The summed E-state index contributed by atoms with van der Waals surface area (Å²) >= 11 is 0. The van der Waals surface area contributed by atoms with E-state index >= 15 is 0 Å². The predicted octanol–water partition coefficient (Wildman–Crippen LogP) is 1.88. The lowest BCUT2D eigenvalue weighted by atomic mass is 10.2. The van der Waals surface area contributed by atoms with Crippen LogP contribution in [0.25, 0.3) is 0 Å². The van der Waals surface area contributed by atoms with Gasteiger partial charge in [-0.15, -0.1) is 0 Å². The van der Waals surface area contributed by atoms with E-state index in [4.69, 9.17) is 5.11 Å². The third-order valence-electron chi connectivity index (χ3n) is 3.01. The largest absolute Gasteiger partial charge is 0.480 e. The highest BCUT2D eigenvalue weighted by Gasteiger charge is 2.29. The van der Waals surface area contributed by atoms with Crippen LogP contribution in [0.5, 0.6) is 0 Å². The summed E-state index contributed by atoms with van der Waals surface area (Å²) in [5.74, 6) is -0.0564. The number of carbonyl (C=O) groups is 2. The zero-order valence-corrected chi connectivity index (χ0v) is 11.6. The van der Waals surface area contributed by atoms with Crippen molar-refractivity contribution in [3.05, 3.63) is 0 Å². The quantitative estimate of drug-likeness (QED) is 0.756. The van der Waals surface area contributed by atoms with Gasteiger partial charge in [-0.25, -0.2) is 4.79 Å². The molecular weight excluding hydrogens is 232 g/mol. The van der Waals surface area contributed by atoms with Crippen molar-refractivity contribution < 1.29 is 14.7 Å². The highest BCUT2D eigenvalue weighted by Crippen LogP contribution is 2.29. The Hall–Kier alpha value is -1.26. The molecule has 5 nitrogen and oxygen atoms in total. The van der Waals surface area contributed by atoms with Crippen molar-refractivity contribution in [2.75, 3.05) is 26.2 Å². The lowest BCUT2D eigenvalue weighted by Crippen LogP contribution is -2.47. The fourth-order valence-electron chi connectivity index (χ4n) is 1.97. The second kappa shape index (κ2) is 6.61. The molecule has 0 aromatic rings. The first-order chi connectivity index (χ1) is 8.43. The van der Waals surface area contributed by atoms with E-state index in [1.54, 1.807) is 4.90 Å². The number of carboxylic acid groups (broad SMARTS) is 1. The minimum Gasteiger partial charge on any atom is -0.480 e. The molecule has 18 heavy (non-hydrogen) atoms. The molecule has 0 unspecified atom stereocenters. The van der Waals surface area contributed by atoms with Gasteiger partial charge >= 0.3 is 12.0 Å². The first-order valence-corrected chi connectivity index (χ1v) is 6.69. The standard InChI is InChI=1S/C13H24N2O3/c1-4-14(8-11-5-6-11)13(18)15(7-10(2)3)9-12(16)17/h10-11H,4-9H2,1-3H3,(H,16,17). The summed E-state index contributed by atoms with van der Waals surface area (Å²) in [5, 5.41) is 8.88. The van der Waals surface area contributed by atoms with Gasteiger partial charge in [0.15, 0.2) is 0 Å². The Morgan fingerprint density at radius 2 is 1.89 bits per heavy atom. The first kappa shape index (κ1) is 14.8. The summed E-state index contributed by atoms with van der Waals surface area (Å²) in [7, 11) is 0. The molecule has 0 aliphatic heterocycles. The third-order valence-corrected chi connectivity index (χ3v) is 3.01. The van der Waals surface area contributed by atoms with Crippen LogP contribution in [0, 0.1) is 11.8 Å². The zero-order valence-electron chi connectivity index (χ0n) is 11.6. The average Bonchev–Trinajstić information content (AvgIpc) is 3.06. The monoisotopic (exact) mass is 256 g/mol. The van der Waals surface area contributed by atoms with Gasteiger partial charge in [0, 0.05) is 19.6 Å². The van der Waals surface area contributed by atoms with Crippen LogP contribution < -0.4 is 0 Å². The summed E-state index contributed by atoms with van der Waals surface area (Å²) in [6, 6.07) is -0.138. The number of aliphatic carboxylic acids is 1. The van der Waals surface area contributed by atoms with Crippen molar-refractivity contribution in [1.82, 2.24) is 9.80 Å². The lowest BCUT2D eigenvalue weighted by Gasteiger charge is -2.30. The molecule has 1 N–H and O–H groups in total. The molecule has 0 radical (unpaired) electrons. The van der Waals surface area contributed by atoms with E-state index in [1.165, 1.54) is 17.7 Å². The molecule has 0 spiro atoms. The molecule has 1 aliphatic rings. The van der Waals surface area contributed by atoms with Crippen LogP contribution in [0.2, 0.25) is 0 Å². The maximum atomic E-state index is 12.3. The SMILES string of the molecule is CCN(CC1CC1)C(=O)N(CC(=O)O)CC(C)C. The van der Waals surface area contributed by atoms with Crippen LogP contribution in [0.3, 0.4) is 0 Å². The summed E-state index contributed by atoms with van der Waals surface area (Å²) in [6.45, 7) is 7.60. The summed E-state index contributed by atoms with van der Waals surface area (Å²) < 4.78 is 0. The minimum atomic E-state index is -0.952. The predicted molar refractivity (Wildman–Crippen MR) is 69.4 cm³/mol. The molecule has 0 heterocycles. The van der Waals surface area contributed by atoms with Gasteiger partial charge in [-0.3, -0.25) is 4.79 Å². The Bertz CT molecular complexity index is 301. The Balaban J connectivity index is 2.61. The molecule has 2 amide bonds. The normalized spacial score (nSPS) is 14.7. The van der Waals surface area contributed by atoms with Crippen molar-refractivity contribution >= 4 is 12.0 Å². The van der Waals surface area contributed by atoms with Gasteiger partial charge < -0.3 is 14.9 Å². The summed E-state index contributed by atoms with van der Waals surface area (Å²) in [6.07, 6.45) is 2.37. The topological polar surface area (TPSA) is 60.9 Å². The summed E-state index contributed by atoms with van der Waals surface area (Å²) in [5.41, 5.74) is 0. The van der Waals surface area contributed by atoms with Crippen molar-refractivity contribution in [2.45, 2.75) is 33.6 Å². The van der Waals surface area contributed by atoms with Gasteiger partial charge in [-0.1, -0.05) is 13.8 Å². The lowest BCUT2D eigenvalue weighted by molar-refractivity contribution is -0.137. The molecular formula is C13H24N2O3. The van der Waals surface area contributed by atoms with Gasteiger partial charge in [0.2, 0.25) is 0 Å². The third kappa shape index (κ3) is 4.94. The molecule has 0 bridgehead atoms. The molecule has 0 saturated heterocycles. The van der Waals surface area contributed by atoms with Crippen LogP contribution in [0.4, 0.5) is 4.79 Å². The van der Waals surface area contributed by atoms with Crippen LogP contribution in [0.15, 0.2) is 0 Å². The Morgan fingerprint density at radius 3 is 2.28 bits per heavy atom. The maximum absolute atomic E-state index is 12.3. The molecule has 0 aromatic carbocycles. The number of amides is 2. The van der Waals surface area contributed by atoms with Crippen molar-refractivity contribution in [1.29, 1.82) is 0 Å². The number of hydrogen-bond donors (Lipinski definition) is 1. The first-order valence-electron chi connectivity index (χ1n) is 6.69. The molecule has 1 aliphatic carbocycles.